The summed E-state index contributed by atoms with van der Waals surface area (Å²) in [5.41, 5.74) is 0.297. The van der Waals surface area contributed by atoms with Gasteiger partial charge in [0.1, 0.15) is 11.5 Å². The van der Waals surface area contributed by atoms with Crippen LogP contribution in [0.15, 0.2) is 52.7 Å². The Bertz CT molecular complexity index is 722. The Labute approximate surface area is 163 Å². The molecule has 0 saturated carbocycles. The first-order valence-corrected chi connectivity index (χ1v) is 7.03. The summed E-state index contributed by atoms with van der Waals surface area (Å²) in [6, 6.07) is 10.7. The van der Waals surface area contributed by atoms with Crippen LogP contribution in [0, 0.1) is 0 Å². The van der Waals surface area contributed by atoms with Crippen molar-refractivity contribution in [2.75, 3.05) is 13.7 Å². The Kier molecular flexibility index (Phi) is 13.6. The Morgan fingerprint density at radius 3 is 2.38 bits per heavy atom. The molecule has 2 aromatic rings. The van der Waals surface area contributed by atoms with Crippen molar-refractivity contribution in [3.8, 4) is 17.2 Å². The smallest absolute Gasteiger partial charge is 0.123 e. The van der Waals surface area contributed by atoms with E-state index in [-0.39, 0.29) is 59.0 Å². The van der Waals surface area contributed by atoms with Crippen molar-refractivity contribution in [1.82, 2.24) is 0 Å². The fraction of sp³-hybridized carbons (Fsp3) is 0.176. The van der Waals surface area contributed by atoms with Gasteiger partial charge in [0.2, 0.25) is 0 Å². The number of benzene rings is 2. The van der Waals surface area contributed by atoms with Gasteiger partial charge in [0.25, 0.3) is 0 Å². The van der Waals surface area contributed by atoms with E-state index in [9.17, 15) is 15.3 Å². The monoisotopic (exact) mass is 396 g/mol. The van der Waals surface area contributed by atoms with Gasteiger partial charge in [0.15, 0.2) is 0 Å². The van der Waals surface area contributed by atoms with Crippen molar-refractivity contribution in [1.29, 1.82) is 0 Å². The molecule has 8 nitrogen and oxygen atoms in total. The van der Waals surface area contributed by atoms with Gasteiger partial charge < -0.3 is 30.6 Å². The van der Waals surface area contributed by atoms with Crippen LogP contribution in [0.3, 0.4) is 0 Å². The fourth-order valence-electron chi connectivity index (χ4n) is 1.65. The Morgan fingerprint density at radius 1 is 1.19 bits per heavy atom. The molecule has 0 aliphatic heterocycles. The first-order valence-electron chi connectivity index (χ1n) is 7.03. The van der Waals surface area contributed by atoms with Crippen molar-refractivity contribution in [3.05, 3.63) is 53.6 Å². The number of rotatable bonds is 4. The SMILES string of the molecule is CC[O-].COc1cccc(/C=N/N=C(\[O-])c2ccccc2O)c1[O-].[O-2].[V]. The van der Waals surface area contributed by atoms with Crippen molar-refractivity contribution < 1.29 is 49.2 Å². The van der Waals surface area contributed by atoms with E-state index < -0.39 is 5.90 Å². The molecule has 9 heteroatoms. The number of ether oxygens (including phenoxy) is 1. The number of phenolic OH excluding ortho intramolecular Hbond substituents is 1. The zero-order valence-corrected chi connectivity index (χ0v) is 15.6. The Morgan fingerprint density at radius 2 is 1.81 bits per heavy atom. The van der Waals surface area contributed by atoms with E-state index in [1.54, 1.807) is 25.1 Å². The third kappa shape index (κ3) is 7.58. The van der Waals surface area contributed by atoms with Gasteiger partial charge in [-0.1, -0.05) is 43.0 Å². The summed E-state index contributed by atoms with van der Waals surface area (Å²) < 4.78 is 4.89. The van der Waals surface area contributed by atoms with Gasteiger partial charge in [-0.3, -0.25) is 0 Å². The Balaban J connectivity index is 0. The van der Waals surface area contributed by atoms with Gasteiger partial charge >= 0.3 is 0 Å². The fourth-order valence-corrected chi connectivity index (χ4v) is 1.65. The molecule has 26 heavy (non-hydrogen) atoms. The van der Waals surface area contributed by atoms with Crippen molar-refractivity contribution in [2.24, 2.45) is 10.2 Å². The quantitative estimate of drug-likeness (QED) is 0.433. The van der Waals surface area contributed by atoms with Gasteiger partial charge in [-0.05, 0) is 17.7 Å². The minimum Gasteiger partial charge on any atom is -2.00 e. The number of nitrogens with zero attached hydrogens (tertiary/aromatic N) is 2. The van der Waals surface area contributed by atoms with Crippen LogP contribution in [-0.4, -0.2) is 30.9 Å². The number of hydrogen-bond donors (Lipinski definition) is 1. The third-order valence-electron chi connectivity index (χ3n) is 2.71. The van der Waals surface area contributed by atoms with E-state index in [2.05, 4.69) is 10.2 Å². The number of hydrogen-bond acceptors (Lipinski definition) is 7. The maximum atomic E-state index is 11.8. The van der Waals surface area contributed by atoms with Crippen LogP contribution in [0.4, 0.5) is 0 Å². The van der Waals surface area contributed by atoms with Crippen LogP contribution in [-0.2, 0) is 24.0 Å². The third-order valence-corrected chi connectivity index (χ3v) is 2.71. The van der Waals surface area contributed by atoms with Gasteiger partial charge in [0.05, 0.1) is 13.3 Å². The van der Waals surface area contributed by atoms with E-state index in [1.807, 2.05) is 0 Å². The molecule has 0 fully saturated rings. The molecule has 0 aromatic heterocycles. The maximum Gasteiger partial charge on any atom is 0.123 e. The maximum absolute atomic E-state index is 11.8. The molecule has 0 saturated heterocycles. The molecule has 2 rings (SSSR count). The predicted octanol–water partition coefficient (Wildman–Crippen LogP) is -0.139. The number of phenols is 1. The molecule has 0 atom stereocenters. The Hall–Kier alpha value is -2.52. The second-order valence-corrected chi connectivity index (χ2v) is 4.33. The number of aromatic hydroxyl groups is 1. The largest absolute Gasteiger partial charge is 2.00 e. The van der Waals surface area contributed by atoms with E-state index in [1.165, 1.54) is 37.6 Å². The van der Waals surface area contributed by atoms with E-state index >= 15 is 0 Å². The minimum atomic E-state index is -0.695. The van der Waals surface area contributed by atoms with Crippen LogP contribution >= 0.6 is 0 Å². The zero-order chi connectivity index (χ0) is 17.9. The normalized spacial score (nSPS) is 10.2. The summed E-state index contributed by atoms with van der Waals surface area (Å²) in [6.07, 6.45) is 1.17. The molecule has 2 aromatic carbocycles. The van der Waals surface area contributed by atoms with Crippen molar-refractivity contribution in [3.63, 3.8) is 0 Å². The van der Waals surface area contributed by atoms with Gasteiger partial charge in [-0.2, -0.15) is 10.2 Å². The number of methoxy groups -OCH3 is 1. The summed E-state index contributed by atoms with van der Waals surface area (Å²) in [4.78, 5) is 0. The molecular formula is C17H17N2O6V-5. The summed E-state index contributed by atoms with van der Waals surface area (Å²) in [6.45, 7) is 1.57. The van der Waals surface area contributed by atoms with Crippen LogP contribution in [0.1, 0.15) is 18.1 Å². The zero-order valence-electron chi connectivity index (χ0n) is 14.2. The predicted molar refractivity (Wildman–Crippen MR) is 85.9 cm³/mol. The molecule has 0 aliphatic rings. The van der Waals surface area contributed by atoms with Crippen molar-refractivity contribution in [2.45, 2.75) is 6.92 Å². The molecule has 141 valence electrons. The molecule has 0 spiro atoms. The second-order valence-electron chi connectivity index (χ2n) is 4.33. The molecular weight excluding hydrogens is 379 g/mol. The molecule has 0 bridgehead atoms. The second kappa shape index (κ2) is 13.7. The first-order chi connectivity index (χ1) is 11.5. The molecule has 1 radical (unpaired) electrons. The topological polar surface area (TPSA) is 152 Å². The van der Waals surface area contributed by atoms with Crippen LogP contribution < -0.4 is 20.1 Å². The van der Waals surface area contributed by atoms with Gasteiger partial charge in [0, 0.05) is 30.0 Å². The minimum absolute atomic E-state index is 0. The summed E-state index contributed by atoms with van der Waals surface area (Å²) in [5.74, 6) is -1.02. The molecule has 0 heterocycles. The van der Waals surface area contributed by atoms with E-state index in [4.69, 9.17) is 9.84 Å². The molecule has 0 aliphatic carbocycles. The number of para-hydroxylation sites is 2. The summed E-state index contributed by atoms with van der Waals surface area (Å²) in [5, 5.41) is 49.0. The van der Waals surface area contributed by atoms with Crippen LogP contribution in [0.25, 0.3) is 0 Å². The average Bonchev–Trinajstić information content (AvgIpc) is 2.57. The van der Waals surface area contributed by atoms with Crippen LogP contribution in [0.5, 0.6) is 17.2 Å². The summed E-state index contributed by atoms with van der Waals surface area (Å²) >= 11 is 0. The van der Waals surface area contributed by atoms with Crippen molar-refractivity contribution >= 4 is 12.1 Å². The van der Waals surface area contributed by atoms with Crippen LogP contribution in [0.2, 0.25) is 0 Å². The molecule has 1 N–H and O–H groups in total. The summed E-state index contributed by atoms with van der Waals surface area (Å²) in [7, 11) is 1.39. The van der Waals surface area contributed by atoms with E-state index in [0.29, 0.717) is 0 Å². The first kappa shape index (κ1) is 25.7. The molecule has 0 amide bonds. The van der Waals surface area contributed by atoms with Gasteiger partial charge in [-0.15, -0.1) is 6.61 Å². The average molecular weight is 396 g/mol. The standard InChI is InChI=1S/C15H14N2O4.C2H5O.O.V/c1-21-13-8-4-5-10(14(13)19)9-16-17-15(20)11-6-2-3-7-12(11)18;1-2-3;;/h2-9,18-19H,1H3,(H,17,20);2H2,1H3;;/q;-1;-2;/p-2/b16-9+;;;. The van der Waals surface area contributed by atoms with E-state index in [0.717, 1.165) is 0 Å². The van der Waals surface area contributed by atoms with Gasteiger partial charge in [-0.25, -0.2) is 0 Å². The molecule has 0 unspecified atom stereocenters.